The van der Waals surface area contributed by atoms with E-state index in [0.717, 1.165) is 18.8 Å². The number of hydrogen-bond donors (Lipinski definition) is 2. The van der Waals surface area contributed by atoms with E-state index in [4.69, 9.17) is 15.9 Å². The molecule has 1 unspecified atom stereocenters. The topological polar surface area (TPSA) is 161 Å². The molecule has 5 heterocycles. The van der Waals surface area contributed by atoms with Crippen molar-refractivity contribution < 1.29 is 33.4 Å². The number of carbonyl (C=O) groups is 3. The lowest BCUT2D eigenvalue weighted by atomic mass is 9.89. The molecule has 0 fully saturated rings. The molecule has 0 spiro atoms. The van der Waals surface area contributed by atoms with Crippen LogP contribution in [0.1, 0.15) is 62.1 Å². The molecule has 3 aliphatic heterocycles. The molecule has 0 saturated carbocycles. The van der Waals surface area contributed by atoms with E-state index in [1.54, 1.807) is 6.92 Å². The Morgan fingerprint density at radius 3 is 2.69 bits per heavy atom. The van der Waals surface area contributed by atoms with Crippen LogP contribution in [-0.2, 0) is 33.9 Å². The molecule has 0 aliphatic carbocycles. The normalized spacial score (nSPS) is 19.5. The van der Waals surface area contributed by atoms with Gasteiger partial charge in [0.25, 0.3) is 11.8 Å². The average Bonchev–Trinajstić information content (AvgIpc) is 3.65. The van der Waals surface area contributed by atoms with Crippen molar-refractivity contribution in [2.24, 2.45) is 21.3 Å². The van der Waals surface area contributed by atoms with Gasteiger partial charge in [-0.1, -0.05) is 33.6 Å². The second-order valence-corrected chi connectivity index (χ2v) is 13.6. The number of amides is 2. The number of nitrogens with zero attached hydrogens (tertiary/aromatic N) is 6. The second-order valence-electron chi connectivity index (χ2n) is 12.9. The van der Waals surface area contributed by atoms with Crippen LogP contribution in [0.15, 0.2) is 34.4 Å². The zero-order valence-electron chi connectivity index (χ0n) is 27.5. The molecular formula is C33H36FN7O6S. The number of terminal acetylenes is 1. The maximum atomic E-state index is 14.5. The van der Waals surface area contributed by atoms with Crippen molar-refractivity contribution in [2.45, 2.75) is 59.7 Å². The number of ether oxygens (including phenoxy) is 2. The number of carboxylic acid groups (broad SMARTS) is 1. The van der Waals surface area contributed by atoms with Gasteiger partial charge in [-0.15, -0.1) is 6.42 Å². The summed E-state index contributed by atoms with van der Waals surface area (Å²) in [6.07, 6.45) is 7.73. The number of anilines is 1. The van der Waals surface area contributed by atoms with Gasteiger partial charge in [-0.25, -0.2) is 19.2 Å². The van der Waals surface area contributed by atoms with Crippen LogP contribution in [0.5, 0.6) is 5.75 Å². The monoisotopic (exact) mass is 677 g/mol. The maximum Gasteiger partial charge on any atom is 0.338 e. The third-order valence-electron chi connectivity index (χ3n) is 8.30. The first-order chi connectivity index (χ1) is 22.7. The Hall–Kier alpha value is -4.94. The maximum absolute atomic E-state index is 14.5. The van der Waals surface area contributed by atoms with Crippen LogP contribution >= 0.6 is 11.5 Å². The van der Waals surface area contributed by atoms with Crippen LogP contribution in [0.2, 0.25) is 0 Å². The van der Waals surface area contributed by atoms with E-state index >= 15 is 0 Å². The number of aromatic nitrogens is 3. The van der Waals surface area contributed by atoms with Gasteiger partial charge in [0.05, 0.1) is 24.4 Å². The molecule has 2 N–H and O–H groups in total. The third kappa shape index (κ3) is 6.71. The molecule has 15 heteroatoms. The number of nitrogens with one attached hydrogen (secondary N) is 1. The molecule has 13 nitrogen and oxygen atoms in total. The van der Waals surface area contributed by atoms with Gasteiger partial charge < -0.3 is 24.5 Å². The molecule has 1 aromatic carbocycles. The molecule has 6 rings (SSSR count). The lowest BCUT2D eigenvalue weighted by Crippen LogP contribution is -2.41. The van der Waals surface area contributed by atoms with E-state index in [1.165, 1.54) is 47.9 Å². The van der Waals surface area contributed by atoms with Crippen molar-refractivity contribution in [3.63, 3.8) is 0 Å². The van der Waals surface area contributed by atoms with Crippen molar-refractivity contribution in [3.05, 3.63) is 57.7 Å². The number of benzene rings is 1. The molecule has 3 aromatic rings. The van der Waals surface area contributed by atoms with E-state index < -0.39 is 17.3 Å². The van der Waals surface area contributed by atoms with E-state index in [-0.39, 0.29) is 65.7 Å². The molecule has 2 aromatic heterocycles. The molecule has 48 heavy (non-hydrogen) atoms. The van der Waals surface area contributed by atoms with Crippen LogP contribution in [0.4, 0.5) is 15.8 Å². The summed E-state index contributed by atoms with van der Waals surface area (Å²) < 4.78 is 31.3. The number of carbonyl (C=O) groups excluding carboxylic acids is 2. The number of fused-ring (bicyclic) bond motifs is 2. The minimum absolute atomic E-state index is 0.0124. The number of halogens is 1. The highest BCUT2D eigenvalue weighted by Crippen LogP contribution is 2.37. The summed E-state index contributed by atoms with van der Waals surface area (Å²) in [5.74, 6) is 1.71. The van der Waals surface area contributed by atoms with Crippen LogP contribution in [-0.4, -0.2) is 68.5 Å². The minimum Gasteiger partial charge on any atom is -0.481 e. The summed E-state index contributed by atoms with van der Waals surface area (Å²) in [4.78, 5) is 50.7. The lowest BCUT2D eigenvalue weighted by Gasteiger charge is -2.28. The summed E-state index contributed by atoms with van der Waals surface area (Å²) in [6.45, 7) is 10.8. The Balaban J connectivity index is 0.000000191. The van der Waals surface area contributed by atoms with Crippen LogP contribution in [0, 0.1) is 29.5 Å². The average molecular weight is 678 g/mol. The van der Waals surface area contributed by atoms with Crippen LogP contribution in [0.25, 0.3) is 0 Å². The molecule has 1 atom stereocenters. The highest BCUT2D eigenvalue weighted by molar-refractivity contribution is 7.02. The van der Waals surface area contributed by atoms with Gasteiger partial charge in [0.1, 0.15) is 28.5 Å². The Morgan fingerprint density at radius 1 is 1.29 bits per heavy atom. The second kappa shape index (κ2) is 13.3. The van der Waals surface area contributed by atoms with Crippen LogP contribution in [0.3, 0.4) is 0 Å². The third-order valence-corrected chi connectivity index (χ3v) is 9.08. The Bertz CT molecular complexity index is 1940. The van der Waals surface area contributed by atoms with Crippen molar-refractivity contribution in [3.8, 4) is 18.1 Å². The number of carboxylic acids is 1. The Kier molecular flexibility index (Phi) is 9.52. The smallest absolute Gasteiger partial charge is 0.338 e. The summed E-state index contributed by atoms with van der Waals surface area (Å²) in [7, 11) is 1.52. The lowest BCUT2D eigenvalue weighted by molar-refractivity contribution is -0.124. The minimum atomic E-state index is -1.13. The fourth-order valence-corrected chi connectivity index (χ4v) is 6.16. The van der Waals surface area contributed by atoms with Crippen molar-refractivity contribution in [2.75, 3.05) is 25.2 Å². The number of aromatic carboxylic acids is 1. The first-order valence-electron chi connectivity index (χ1n) is 15.1. The van der Waals surface area contributed by atoms with Gasteiger partial charge in [0.15, 0.2) is 18.3 Å². The van der Waals surface area contributed by atoms with Gasteiger partial charge in [-0.3, -0.25) is 19.5 Å². The number of methoxy groups -OCH3 is 1. The summed E-state index contributed by atoms with van der Waals surface area (Å²) in [5, 5.41) is 12.0. The Morgan fingerprint density at radius 2 is 2.04 bits per heavy atom. The summed E-state index contributed by atoms with van der Waals surface area (Å²) in [5.41, 5.74) is 0.544. The SMILES string of the molecule is C#CCN1C(=O)COc2cc(F)c(N=c3snc4n3CC(C)(C)C4)cc21.COCc1cnc(C2=NC(C)(C(C)C)C(=O)N2)c(C(=O)O)c1. The fourth-order valence-electron chi connectivity index (χ4n) is 5.40. The van der Waals surface area contributed by atoms with Gasteiger partial charge in [-0.2, -0.15) is 4.37 Å². The number of amidine groups is 1. The Labute approximate surface area is 280 Å². The number of rotatable bonds is 7. The van der Waals surface area contributed by atoms with Gasteiger partial charge in [0.2, 0.25) is 4.80 Å². The fraction of sp³-hybridized carbons (Fsp3) is 0.424. The largest absolute Gasteiger partial charge is 0.481 e. The van der Waals surface area contributed by atoms with Gasteiger partial charge in [-0.05, 0) is 36.0 Å². The highest BCUT2D eigenvalue weighted by Gasteiger charge is 2.43. The molecule has 0 radical (unpaired) electrons. The molecule has 0 bridgehead atoms. The molecule has 252 valence electrons. The zero-order valence-corrected chi connectivity index (χ0v) is 28.3. The van der Waals surface area contributed by atoms with Crippen molar-refractivity contribution >= 4 is 46.5 Å². The molecular weight excluding hydrogens is 641 g/mol. The summed E-state index contributed by atoms with van der Waals surface area (Å²) in [6, 6.07) is 4.24. The van der Waals surface area contributed by atoms with Crippen LogP contribution < -0.4 is 19.8 Å². The predicted octanol–water partition coefficient (Wildman–Crippen LogP) is 3.47. The summed E-state index contributed by atoms with van der Waals surface area (Å²) >= 11 is 1.24. The molecule has 2 amide bonds. The molecule has 3 aliphatic rings. The predicted molar refractivity (Wildman–Crippen MR) is 176 cm³/mol. The van der Waals surface area contributed by atoms with Crippen molar-refractivity contribution in [1.29, 1.82) is 0 Å². The van der Waals surface area contributed by atoms with E-state index in [0.29, 0.717) is 21.8 Å². The highest BCUT2D eigenvalue weighted by atomic mass is 32.1. The van der Waals surface area contributed by atoms with Crippen molar-refractivity contribution in [1.82, 2.24) is 19.2 Å². The number of aliphatic imine (C=N–C) groups is 1. The first-order valence-corrected chi connectivity index (χ1v) is 15.9. The zero-order chi connectivity index (χ0) is 35.0. The standard InChI is InChI=1S/C18H17FN4O2S.C15H19N3O4/c1-4-5-22-13-7-12(11(19)6-14(13)25-9-16(22)24)20-17-23-10-18(2,3)8-15(23)21-26-17;1-8(2)15(3)14(21)17-12(18-15)11-10(13(19)20)5-9(6-16-11)7-22-4/h1,6-7H,5,8-10H2,2-3H3;5-6,8H,7H2,1-4H3,(H,19,20)(H,17,18,21). The van der Waals surface area contributed by atoms with E-state index in [9.17, 15) is 23.9 Å². The molecule has 0 saturated heterocycles. The van der Waals surface area contributed by atoms with Gasteiger partial charge in [0, 0.05) is 43.9 Å². The van der Waals surface area contributed by atoms with E-state index in [1.807, 2.05) is 18.4 Å². The quantitative estimate of drug-likeness (QED) is 0.360. The first kappa shape index (κ1) is 34.4. The number of pyridine rings is 1. The van der Waals surface area contributed by atoms with Gasteiger partial charge >= 0.3 is 5.97 Å². The number of hydrogen-bond acceptors (Lipinski definition) is 10. The van der Waals surface area contributed by atoms with E-state index in [2.05, 4.69) is 44.4 Å².